The first kappa shape index (κ1) is 14.8. The highest BCUT2D eigenvalue weighted by molar-refractivity contribution is 7.14. The number of ether oxygens (including phenoxy) is 1. The second kappa shape index (κ2) is 5.59. The van der Waals surface area contributed by atoms with E-state index in [9.17, 15) is 9.90 Å². The Hall–Kier alpha value is -1.11. The summed E-state index contributed by atoms with van der Waals surface area (Å²) in [4.78, 5) is 16.3. The van der Waals surface area contributed by atoms with Gasteiger partial charge < -0.3 is 20.1 Å². The van der Waals surface area contributed by atoms with Gasteiger partial charge in [-0.05, 0) is 32.4 Å². The van der Waals surface area contributed by atoms with Crippen LogP contribution < -0.4 is 10.1 Å². The lowest BCUT2D eigenvalue weighted by molar-refractivity contribution is -0.0817. The Bertz CT molecular complexity index is 545. The summed E-state index contributed by atoms with van der Waals surface area (Å²) >= 11 is 1.47. The standard InChI is InChI=1S/C15H22N2O3S/c1-10-7-12(20-2)13(21-10)14(18)17-6-4-15(19)3-5-16-8-11(15)9-17/h7,11,16,19H,3-6,8-9H2,1-2H3/t11-,15-/m0/s1. The van der Waals surface area contributed by atoms with E-state index >= 15 is 0 Å². The molecule has 2 fully saturated rings. The second-order valence-electron chi connectivity index (χ2n) is 6.01. The summed E-state index contributed by atoms with van der Waals surface area (Å²) in [5.41, 5.74) is -0.600. The van der Waals surface area contributed by atoms with Gasteiger partial charge in [0.15, 0.2) is 0 Å². The molecule has 6 heteroatoms. The van der Waals surface area contributed by atoms with Gasteiger partial charge in [-0.1, -0.05) is 0 Å². The summed E-state index contributed by atoms with van der Waals surface area (Å²) in [7, 11) is 1.60. The van der Waals surface area contributed by atoms with E-state index in [4.69, 9.17) is 4.74 Å². The Balaban J connectivity index is 1.77. The third-order valence-electron chi connectivity index (χ3n) is 4.66. The fourth-order valence-electron chi connectivity index (χ4n) is 3.34. The number of methoxy groups -OCH3 is 1. The SMILES string of the molecule is COc1cc(C)sc1C(=O)N1CC[C@@]2(O)CCNC[C@H]2C1. The molecule has 3 rings (SSSR count). The Morgan fingerprint density at radius 1 is 1.57 bits per heavy atom. The molecule has 2 aliphatic heterocycles. The van der Waals surface area contributed by atoms with E-state index in [1.165, 1.54) is 11.3 Å². The largest absolute Gasteiger partial charge is 0.495 e. The molecule has 2 saturated heterocycles. The number of nitrogens with zero attached hydrogens (tertiary/aromatic N) is 1. The minimum Gasteiger partial charge on any atom is -0.495 e. The molecular weight excluding hydrogens is 288 g/mol. The fraction of sp³-hybridized carbons (Fsp3) is 0.667. The van der Waals surface area contributed by atoms with E-state index < -0.39 is 5.60 Å². The molecule has 5 nitrogen and oxygen atoms in total. The Kier molecular flexibility index (Phi) is 3.94. The molecule has 0 bridgehead atoms. The quantitative estimate of drug-likeness (QED) is 0.863. The number of rotatable bonds is 2. The van der Waals surface area contributed by atoms with Crippen LogP contribution >= 0.6 is 11.3 Å². The smallest absolute Gasteiger partial charge is 0.267 e. The number of carbonyl (C=O) groups is 1. The number of thiophene rings is 1. The van der Waals surface area contributed by atoms with Crippen LogP contribution in [0, 0.1) is 12.8 Å². The first-order valence-corrected chi connectivity index (χ1v) is 8.22. The topological polar surface area (TPSA) is 61.8 Å². The van der Waals surface area contributed by atoms with Crippen LogP contribution in [0.4, 0.5) is 0 Å². The van der Waals surface area contributed by atoms with Crippen molar-refractivity contribution in [3.8, 4) is 5.75 Å². The van der Waals surface area contributed by atoms with Crippen molar-refractivity contribution in [2.75, 3.05) is 33.3 Å². The Morgan fingerprint density at radius 2 is 2.38 bits per heavy atom. The zero-order valence-electron chi connectivity index (χ0n) is 12.5. The van der Waals surface area contributed by atoms with Crippen LogP contribution in [0.15, 0.2) is 6.07 Å². The number of likely N-dealkylation sites (tertiary alicyclic amines) is 1. The van der Waals surface area contributed by atoms with Crippen molar-refractivity contribution in [2.45, 2.75) is 25.4 Å². The van der Waals surface area contributed by atoms with Gasteiger partial charge in [0, 0.05) is 30.4 Å². The molecule has 0 radical (unpaired) electrons. The summed E-state index contributed by atoms with van der Waals surface area (Å²) in [6.07, 6.45) is 1.44. The highest BCUT2D eigenvalue weighted by atomic mass is 32.1. The van der Waals surface area contributed by atoms with E-state index in [-0.39, 0.29) is 11.8 Å². The number of hydrogen-bond acceptors (Lipinski definition) is 5. The molecule has 1 aromatic rings. The van der Waals surface area contributed by atoms with Gasteiger partial charge in [0.25, 0.3) is 5.91 Å². The molecule has 3 heterocycles. The zero-order valence-corrected chi connectivity index (χ0v) is 13.3. The number of fused-ring (bicyclic) bond motifs is 1. The minimum absolute atomic E-state index is 0.0255. The third-order valence-corrected chi connectivity index (χ3v) is 5.68. The summed E-state index contributed by atoms with van der Waals surface area (Å²) < 4.78 is 5.31. The predicted molar refractivity (Wildman–Crippen MR) is 82.1 cm³/mol. The number of amides is 1. The van der Waals surface area contributed by atoms with Crippen molar-refractivity contribution in [2.24, 2.45) is 5.92 Å². The number of aliphatic hydroxyl groups is 1. The molecular formula is C15H22N2O3S. The molecule has 21 heavy (non-hydrogen) atoms. The lowest BCUT2D eigenvalue weighted by Crippen LogP contribution is -2.59. The number of piperidine rings is 2. The molecule has 2 aliphatic rings. The predicted octanol–water partition coefficient (Wildman–Crippen LogP) is 1.25. The summed E-state index contributed by atoms with van der Waals surface area (Å²) in [5.74, 6) is 0.804. The van der Waals surface area contributed by atoms with Gasteiger partial charge in [0.1, 0.15) is 10.6 Å². The van der Waals surface area contributed by atoms with E-state index in [2.05, 4.69) is 5.32 Å². The summed E-state index contributed by atoms with van der Waals surface area (Å²) in [6, 6.07) is 1.90. The molecule has 0 spiro atoms. The fourth-order valence-corrected chi connectivity index (χ4v) is 4.29. The van der Waals surface area contributed by atoms with Crippen molar-refractivity contribution in [3.05, 3.63) is 15.8 Å². The van der Waals surface area contributed by atoms with Gasteiger partial charge in [0.05, 0.1) is 12.7 Å². The van der Waals surface area contributed by atoms with Crippen molar-refractivity contribution in [3.63, 3.8) is 0 Å². The van der Waals surface area contributed by atoms with Crippen molar-refractivity contribution in [1.82, 2.24) is 10.2 Å². The summed E-state index contributed by atoms with van der Waals surface area (Å²) in [6.45, 7) is 4.85. The van der Waals surface area contributed by atoms with E-state index in [1.807, 2.05) is 17.9 Å². The minimum atomic E-state index is -0.600. The number of carbonyl (C=O) groups excluding carboxylic acids is 1. The van der Waals surface area contributed by atoms with Crippen LogP contribution in [-0.4, -0.2) is 54.8 Å². The maximum atomic E-state index is 12.7. The van der Waals surface area contributed by atoms with Gasteiger partial charge in [-0.3, -0.25) is 4.79 Å². The monoisotopic (exact) mass is 310 g/mol. The molecule has 0 aliphatic carbocycles. The maximum absolute atomic E-state index is 12.7. The molecule has 2 atom stereocenters. The van der Waals surface area contributed by atoms with Gasteiger partial charge in [-0.2, -0.15) is 0 Å². The first-order chi connectivity index (χ1) is 10.0. The number of aryl methyl sites for hydroxylation is 1. The molecule has 2 N–H and O–H groups in total. The van der Waals surface area contributed by atoms with Crippen LogP contribution in [0.1, 0.15) is 27.4 Å². The molecule has 1 amide bonds. The van der Waals surface area contributed by atoms with Crippen LogP contribution in [0.5, 0.6) is 5.75 Å². The Labute approximate surface area is 128 Å². The average Bonchev–Trinajstić information content (AvgIpc) is 2.86. The van der Waals surface area contributed by atoms with E-state index in [0.29, 0.717) is 30.1 Å². The molecule has 116 valence electrons. The zero-order chi connectivity index (χ0) is 15.0. The lowest BCUT2D eigenvalue weighted by Gasteiger charge is -2.47. The molecule has 0 aromatic carbocycles. The number of hydrogen-bond donors (Lipinski definition) is 2. The third kappa shape index (κ3) is 2.67. The highest BCUT2D eigenvalue weighted by Crippen LogP contribution is 2.35. The van der Waals surface area contributed by atoms with Crippen molar-refractivity contribution < 1.29 is 14.6 Å². The van der Waals surface area contributed by atoms with Crippen LogP contribution in [0.2, 0.25) is 0 Å². The normalized spacial score (nSPS) is 29.1. The van der Waals surface area contributed by atoms with Gasteiger partial charge in [-0.15, -0.1) is 11.3 Å². The van der Waals surface area contributed by atoms with Gasteiger partial charge in [-0.25, -0.2) is 0 Å². The molecule has 0 saturated carbocycles. The van der Waals surface area contributed by atoms with Crippen LogP contribution in [0.25, 0.3) is 0 Å². The van der Waals surface area contributed by atoms with Crippen molar-refractivity contribution in [1.29, 1.82) is 0 Å². The number of nitrogens with one attached hydrogen (secondary N) is 1. The van der Waals surface area contributed by atoms with E-state index in [1.54, 1.807) is 7.11 Å². The van der Waals surface area contributed by atoms with E-state index in [0.717, 1.165) is 24.4 Å². The molecule has 0 unspecified atom stereocenters. The van der Waals surface area contributed by atoms with Crippen LogP contribution in [-0.2, 0) is 0 Å². The lowest BCUT2D eigenvalue weighted by atomic mass is 9.76. The average molecular weight is 310 g/mol. The van der Waals surface area contributed by atoms with Gasteiger partial charge >= 0.3 is 0 Å². The maximum Gasteiger partial charge on any atom is 0.267 e. The summed E-state index contributed by atoms with van der Waals surface area (Å²) in [5, 5.41) is 14.0. The molecule has 1 aromatic heterocycles. The highest BCUT2D eigenvalue weighted by Gasteiger charge is 2.44. The Morgan fingerprint density at radius 3 is 3.14 bits per heavy atom. The van der Waals surface area contributed by atoms with Gasteiger partial charge in [0.2, 0.25) is 0 Å². The van der Waals surface area contributed by atoms with Crippen molar-refractivity contribution >= 4 is 17.2 Å². The second-order valence-corrected chi connectivity index (χ2v) is 7.27. The first-order valence-electron chi connectivity index (χ1n) is 7.40. The van der Waals surface area contributed by atoms with Crippen LogP contribution in [0.3, 0.4) is 0 Å².